The average Bonchev–Trinajstić information content (AvgIpc) is 3.58. The maximum Gasteiger partial charge on any atom is 0.416 e. The normalized spacial score (nSPS) is 13.9. The predicted molar refractivity (Wildman–Crippen MR) is 117 cm³/mol. The van der Waals surface area contributed by atoms with Crippen molar-refractivity contribution >= 4 is 28.8 Å². The Bertz CT molecular complexity index is 1410. The van der Waals surface area contributed by atoms with E-state index in [4.69, 9.17) is 9.05 Å². The molecule has 3 aromatic heterocycles. The fourth-order valence-electron chi connectivity index (χ4n) is 3.65. The molecule has 0 saturated carbocycles. The molecule has 0 fully saturated rings. The van der Waals surface area contributed by atoms with Crippen molar-refractivity contribution in [2.75, 3.05) is 5.32 Å². The number of halogens is 3. The molecule has 5 rings (SSSR count). The first-order valence-corrected chi connectivity index (χ1v) is 10.5. The second-order valence-electron chi connectivity index (χ2n) is 8.02. The number of aliphatic imine (C=N–C) groups is 1. The number of nitrogens with zero attached hydrogens (tertiary/aromatic N) is 5. The average molecular weight is 482 g/mol. The number of fused-ring (bicyclic) bond motifs is 1. The molecule has 4 aromatic rings. The Balaban J connectivity index is 1.25. The molecule has 0 amide bonds. The molecule has 9 nitrogen and oxygen atoms in total. The summed E-state index contributed by atoms with van der Waals surface area (Å²) in [7, 11) is 0. The van der Waals surface area contributed by atoms with Gasteiger partial charge < -0.3 is 14.4 Å². The van der Waals surface area contributed by atoms with Crippen molar-refractivity contribution in [2.24, 2.45) is 4.99 Å². The third-order valence-electron chi connectivity index (χ3n) is 5.47. The molecule has 0 bridgehead atoms. The zero-order chi connectivity index (χ0) is 24.6. The number of rotatable bonds is 7. The molecule has 1 N–H and O–H groups in total. The zero-order valence-corrected chi connectivity index (χ0v) is 18.2. The molecule has 1 aliphatic heterocycles. The van der Waals surface area contributed by atoms with Gasteiger partial charge in [-0.2, -0.15) is 13.2 Å². The summed E-state index contributed by atoms with van der Waals surface area (Å²) >= 11 is 0. The van der Waals surface area contributed by atoms with E-state index in [0.717, 1.165) is 12.1 Å². The summed E-state index contributed by atoms with van der Waals surface area (Å²) in [5, 5.41) is 10.7. The highest BCUT2D eigenvalue weighted by molar-refractivity contribution is 6.05. The monoisotopic (exact) mass is 482 g/mol. The summed E-state index contributed by atoms with van der Waals surface area (Å²) in [6.45, 7) is 1.80. The highest BCUT2D eigenvalue weighted by atomic mass is 19.4. The minimum atomic E-state index is -4.42. The van der Waals surface area contributed by atoms with Crippen LogP contribution >= 0.6 is 0 Å². The smallest absolute Gasteiger partial charge is 0.363 e. The number of anilines is 2. The molecule has 12 heteroatoms. The van der Waals surface area contributed by atoms with Gasteiger partial charge in [-0.25, -0.2) is 9.97 Å². The standard InChI is InChI=1S/C23H17F3N6O3/c1-12(6-19(33)18-10-22(28-11-27-18)30-21-4-5-34-32-21)20-9-17(31-35-20)16-8-13-7-14(23(24,25)26)2-3-15(13)29-16/h2-5,7,9-12H,6,8H2,1H3,(H,27,28,30,32)/t12-/m1/s1. The van der Waals surface area contributed by atoms with Gasteiger partial charge in [-0.05, 0) is 23.8 Å². The molecular weight excluding hydrogens is 465 g/mol. The fourth-order valence-corrected chi connectivity index (χ4v) is 3.65. The van der Waals surface area contributed by atoms with E-state index in [9.17, 15) is 18.0 Å². The first-order chi connectivity index (χ1) is 16.8. The van der Waals surface area contributed by atoms with Crippen molar-refractivity contribution in [3.8, 4) is 0 Å². The molecule has 0 aliphatic carbocycles. The lowest BCUT2D eigenvalue weighted by atomic mass is 9.99. The van der Waals surface area contributed by atoms with Crippen LogP contribution < -0.4 is 5.32 Å². The Morgan fingerprint density at radius 3 is 2.74 bits per heavy atom. The van der Waals surface area contributed by atoms with Crippen LogP contribution in [0.2, 0.25) is 0 Å². The van der Waals surface area contributed by atoms with Crippen molar-refractivity contribution in [1.29, 1.82) is 0 Å². The second-order valence-corrected chi connectivity index (χ2v) is 8.02. The maximum atomic E-state index is 13.0. The number of ketones is 1. The molecule has 1 aromatic carbocycles. The van der Waals surface area contributed by atoms with Crippen molar-refractivity contribution in [3.63, 3.8) is 0 Å². The molecule has 1 aliphatic rings. The Morgan fingerprint density at radius 2 is 1.97 bits per heavy atom. The van der Waals surface area contributed by atoms with Gasteiger partial charge >= 0.3 is 6.18 Å². The lowest BCUT2D eigenvalue weighted by molar-refractivity contribution is -0.137. The number of hydrogen-bond acceptors (Lipinski definition) is 9. The van der Waals surface area contributed by atoms with Gasteiger partial charge in [0.05, 0.1) is 17.0 Å². The summed E-state index contributed by atoms with van der Waals surface area (Å²) in [6, 6.07) is 8.23. The maximum absolute atomic E-state index is 13.0. The number of nitrogens with one attached hydrogen (secondary N) is 1. The quantitative estimate of drug-likeness (QED) is 0.354. The van der Waals surface area contributed by atoms with Crippen molar-refractivity contribution < 1.29 is 27.0 Å². The molecule has 0 unspecified atom stereocenters. The molecule has 0 radical (unpaired) electrons. The van der Waals surface area contributed by atoms with Gasteiger partial charge in [-0.1, -0.05) is 17.2 Å². The number of Topliss-reactive ketones (excluding diaryl/α,β-unsaturated/α-hetero) is 1. The number of carbonyl (C=O) groups is 1. The number of hydrogen-bond donors (Lipinski definition) is 1. The minimum Gasteiger partial charge on any atom is -0.363 e. The zero-order valence-electron chi connectivity index (χ0n) is 18.2. The van der Waals surface area contributed by atoms with Crippen LogP contribution in [0, 0.1) is 0 Å². The Hall–Kier alpha value is -4.35. The van der Waals surface area contributed by atoms with E-state index in [1.54, 1.807) is 19.1 Å². The molecule has 0 saturated heterocycles. The van der Waals surface area contributed by atoms with Crippen LogP contribution in [0.1, 0.15) is 52.3 Å². The first kappa shape index (κ1) is 22.4. The van der Waals surface area contributed by atoms with Crippen LogP contribution in [-0.4, -0.2) is 31.8 Å². The van der Waals surface area contributed by atoms with Crippen molar-refractivity contribution in [2.45, 2.75) is 31.9 Å². The third-order valence-corrected chi connectivity index (χ3v) is 5.47. The molecule has 178 valence electrons. The Morgan fingerprint density at radius 1 is 1.11 bits per heavy atom. The van der Waals surface area contributed by atoms with Gasteiger partial charge in [-0.3, -0.25) is 9.79 Å². The number of carbonyl (C=O) groups excluding carboxylic acids is 1. The van der Waals surface area contributed by atoms with E-state index in [2.05, 4.69) is 30.6 Å². The highest BCUT2D eigenvalue weighted by Gasteiger charge is 2.32. The van der Waals surface area contributed by atoms with Crippen LogP contribution in [0.3, 0.4) is 0 Å². The summed E-state index contributed by atoms with van der Waals surface area (Å²) in [5.41, 5.74) is 1.37. The topological polar surface area (TPSA) is 119 Å². The van der Waals surface area contributed by atoms with Crippen LogP contribution in [-0.2, 0) is 12.6 Å². The first-order valence-electron chi connectivity index (χ1n) is 10.5. The molecule has 1 atom stereocenters. The summed E-state index contributed by atoms with van der Waals surface area (Å²) < 4.78 is 49.1. The van der Waals surface area contributed by atoms with Gasteiger partial charge in [0.25, 0.3) is 0 Å². The van der Waals surface area contributed by atoms with E-state index < -0.39 is 11.7 Å². The Kier molecular flexibility index (Phi) is 5.63. The van der Waals surface area contributed by atoms with Gasteiger partial charge in [0.1, 0.15) is 35.6 Å². The number of aromatic nitrogens is 4. The Labute approximate surface area is 196 Å². The molecule has 35 heavy (non-hydrogen) atoms. The van der Waals surface area contributed by atoms with Gasteiger partial charge in [0.15, 0.2) is 11.6 Å². The van der Waals surface area contributed by atoms with Crippen LogP contribution in [0.25, 0.3) is 0 Å². The highest BCUT2D eigenvalue weighted by Crippen LogP contribution is 2.36. The van der Waals surface area contributed by atoms with E-state index in [-0.39, 0.29) is 30.2 Å². The van der Waals surface area contributed by atoms with Gasteiger partial charge in [0, 0.05) is 37.0 Å². The van der Waals surface area contributed by atoms with Gasteiger partial charge in [0.2, 0.25) is 0 Å². The summed E-state index contributed by atoms with van der Waals surface area (Å²) in [4.78, 5) is 25.3. The fraction of sp³-hybridized carbons (Fsp3) is 0.217. The predicted octanol–water partition coefficient (Wildman–Crippen LogP) is 5.27. The van der Waals surface area contributed by atoms with Crippen molar-refractivity contribution in [3.05, 3.63) is 77.3 Å². The van der Waals surface area contributed by atoms with E-state index in [0.29, 0.717) is 40.1 Å². The summed E-state index contributed by atoms with van der Waals surface area (Å²) in [6.07, 6.45) is -1.44. The number of alkyl halides is 3. The van der Waals surface area contributed by atoms with E-state index in [1.807, 2.05) is 0 Å². The van der Waals surface area contributed by atoms with Crippen molar-refractivity contribution in [1.82, 2.24) is 20.3 Å². The van der Waals surface area contributed by atoms with Crippen LogP contribution in [0.5, 0.6) is 0 Å². The lowest BCUT2D eigenvalue weighted by Gasteiger charge is -2.07. The van der Waals surface area contributed by atoms with Gasteiger partial charge in [-0.15, -0.1) is 0 Å². The van der Waals surface area contributed by atoms with Crippen LogP contribution in [0.4, 0.5) is 30.5 Å². The SMILES string of the molecule is C[C@H](CC(=O)c1cc(Nc2ccon2)ncn1)c1cc(C2=Nc3ccc(C(F)(F)F)cc3C2)no1. The van der Waals surface area contributed by atoms with E-state index >= 15 is 0 Å². The molecule has 4 heterocycles. The second kappa shape index (κ2) is 8.78. The molecular formula is C23H17F3N6O3. The molecule has 0 spiro atoms. The minimum absolute atomic E-state index is 0.0939. The largest absolute Gasteiger partial charge is 0.416 e. The van der Waals surface area contributed by atoms with Crippen LogP contribution in [0.15, 0.2) is 63.0 Å². The number of benzene rings is 1. The van der Waals surface area contributed by atoms with E-state index in [1.165, 1.54) is 24.7 Å². The lowest BCUT2D eigenvalue weighted by Crippen LogP contribution is -2.08. The third kappa shape index (κ3) is 4.81. The summed E-state index contributed by atoms with van der Waals surface area (Å²) in [5.74, 6) is 0.729.